The molecule has 0 atom stereocenters. The minimum Gasteiger partial charge on any atom is -0.507 e. The van der Waals surface area contributed by atoms with Gasteiger partial charge in [-0.1, -0.05) is 97.9 Å². The molecule has 0 aliphatic rings. The smallest absolute Gasteiger partial charge is 0.123 e. The number of benzene rings is 2. The van der Waals surface area contributed by atoms with Crippen molar-refractivity contribution >= 4 is 0 Å². The zero-order chi connectivity index (χ0) is 18.3. The second-order valence-electron chi connectivity index (χ2n) is 9.41. The molecule has 2 aromatic rings. The molecule has 0 unspecified atom stereocenters. The van der Waals surface area contributed by atoms with Crippen LogP contribution in [0.1, 0.15) is 77.6 Å². The molecule has 0 aromatic heterocycles. The van der Waals surface area contributed by atoms with Crippen molar-refractivity contribution in [3.8, 4) is 5.75 Å². The lowest BCUT2D eigenvalue weighted by molar-refractivity contribution is 0.425. The fourth-order valence-electron chi connectivity index (χ4n) is 3.13. The summed E-state index contributed by atoms with van der Waals surface area (Å²) in [4.78, 5) is 0. The first kappa shape index (κ1) is 18.6. The highest BCUT2D eigenvalue weighted by Gasteiger charge is 2.32. The molecule has 0 bridgehead atoms. The van der Waals surface area contributed by atoms with Gasteiger partial charge in [-0.05, 0) is 27.5 Å². The maximum Gasteiger partial charge on any atom is 0.123 e. The quantitative estimate of drug-likeness (QED) is 0.686. The summed E-state index contributed by atoms with van der Waals surface area (Å²) < 4.78 is 0. The van der Waals surface area contributed by atoms with Crippen molar-refractivity contribution < 1.29 is 5.11 Å². The second-order valence-corrected chi connectivity index (χ2v) is 9.41. The van der Waals surface area contributed by atoms with E-state index in [1.54, 1.807) is 0 Å². The van der Waals surface area contributed by atoms with Crippen molar-refractivity contribution in [2.45, 2.75) is 71.6 Å². The van der Waals surface area contributed by atoms with Gasteiger partial charge >= 0.3 is 0 Å². The predicted octanol–water partition coefficient (Wildman–Crippen LogP) is 6.31. The van der Waals surface area contributed by atoms with Crippen molar-refractivity contribution in [3.05, 3.63) is 64.7 Å². The van der Waals surface area contributed by atoms with Crippen molar-refractivity contribution in [1.29, 1.82) is 0 Å². The summed E-state index contributed by atoms with van der Waals surface area (Å²) in [5.74, 6) is 0.435. The van der Waals surface area contributed by atoms with E-state index in [0.29, 0.717) is 5.75 Å². The lowest BCUT2D eigenvalue weighted by atomic mass is 9.72. The van der Waals surface area contributed by atoms with E-state index in [1.807, 2.05) is 6.07 Å². The zero-order valence-electron chi connectivity index (χ0n) is 16.5. The van der Waals surface area contributed by atoms with Gasteiger partial charge < -0.3 is 5.11 Å². The normalized spacial score (nSPS) is 13.2. The maximum absolute atomic E-state index is 11.1. The summed E-state index contributed by atoms with van der Waals surface area (Å²) in [5, 5.41) is 11.1. The van der Waals surface area contributed by atoms with Crippen LogP contribution in [0.2, 0.25) is 0 Å². The van der Waals surface area contributed by atoms with E-state index >= 15 is 0 Å². The molecule has 1 nitrogen and oxygen atoms in total. The number of phenols is 1. The molecule has 0 amide bonds. The second kappa shape index (κ2) is 5.95. The maximum atomic E-state index is 11.1. The van der Waals surface area contributed by atoms with Gasteiger partial charge in [-0.2, -0.15) is 0 Å². The molecule has 2 aromatic carbocycles. The molecular weight excluding hydrogens is 292 g/mol. The van der Waals surface area contributed by atoms with Crippen molar-refractivity contribution in [2.24, 2.45) is 0 Å². The van der Waals surface area contributed by atoms with Gasteiger partial charge in [0.25, 0.3) is 0 Å². The molecular formula is C23H32O. The molecule has 1 heteroatoms. The largest absolute Gasteiger partial charge is 0.507 e. The van der Waals surface area contributed by atoms with Crippen LogP contribution >= 0.6 is 0 Å². The summed E-state index contributed by atoms with van der Waals surface area (Å²) >= 11 is 0. The van der Waals surface area contributed by atoms with Gasteiger partial charge in [-0.3, -0.25) is 0 Å². The highest BCUT2D eigenvalue weighted by atomic mass is 16.3. The Hall–Kier alpha value is -1.76. The fourth-order valence-corrected chi connectivity index (χ4v) is 3.13. The molecule has 0 aliphatic carbocycles. The Morgan fingerprint density at radius 1 is 0.625 bits per heavy atom. The third-order valence-electron chi connectivity index (χ3n) is 4.95. The van der Waals surface area contributed by atoms with Gasteiger partial charge in [-0.25, -0.2) is 0 Å². The van der Waals surface area contributed by atoms with Crippen LogP contribution in [0.5, 0.6) is 5.75 Å². The van der Waals surface area contributed by atoms with Crippen LogP contribution in [0.4, 0.5) is 0 Å². The molecule has 24 heavy (non-hydrogen) atoms. The summed E-state index contributed by atoms with van der Waals surface area (Å²) in [6.07, 6.45) is 0. The van der Waals surface area contributed by atoms with E-state index in [9.17, 15) is 5.11 Å². The number of hydrogen-bond donors (Lipinski definition) is 1. The van der Waals surface area contributed by atoms with Crippen LogP contribution in [-0.4, -0.2) is 5.11 Å². The van der Waals surface area contributed by atoms with Crippen molar-refractivity contribution in [3.63, 3.8) is 0 Å². The molecule has 0 aliphatic heterocycles. The van der Waals surface area contributed by atoms with Crippen LogP contribution in [0.3, 0.4) is 0 Å². The summed E-state index contributed by atoms with van der Waals surface area (Å²) in [6, 6.07) is 14.8. The molecule has 130 valence electrons. The molecule has 0 radical (unpaired) electrons. The number of rotatable bonds is 2. The van der Waals surface area contributed by atoms with Gasteiger partial charge in [0.05, 0.1) is 0 Å². The zero-order valence-corrected chi connectivity index (χ0v) is 16.5. The lowest BCUT2D eigenvalue weighted by Gasteiger charge is -2.33. The monoisotopic (exact) mass is 324 g/mol. The molecule has 0 saturated heterocycles. The van der Waals surface area contributed by atoms with Crippen molar-refractivity contribution in [1.82, 2.24) is 0 Å². The molecule has 0 fully saturated rings. The lowest BCUT2D eigenvalue weighted by Crippen LogP contribution is -2.24. The SMILES string of the molecule is CC(C)(C)c1cc(C(C)(C)C)c(O)c(C(C)(C)c2ccccc2)c1. The van der Waals surface area contributed by atoms with E-state index in [1.165, 1.54) is 11.1 Å². The van der Waals surface area contributed by atoms with Crippen LogP contribution < -0.4 is 0 Å². The van der Waals surface area contributed by atoms with Crippen LogP contribution in [0, 0.1) is 0 Å². The highest BCUT2D eigenvalue weighted by molar-refractivity contribution is 5.54. The molecule has 0 heterocycles. The standard InChI is InChI=1S/C23H32O/c1-21(2,3)17-14-18(22(4,5)6)20(24)19(15-17)23(7,8)16-12-10-9-11-13-16/h9-15,24H,1-8H3. The molecule has 1 N–H and O–H groups in total. The van der Waals surface area contributed by atoms with E-state index in [0.717, 1.165) is 11.1 Å². The fraction of sp³-hybridized carbons (Fsp3) is 0.478. The van der Waals surface area contributed by atoms with Crippen LogP contribution in [-0.2, 0) is 16.2 Å². The third-order valence-corrected chi connectivity index (χ3v) is 4.95. The van der Waals surface area contributed by atoms with Gasteiger partial charge in [0.1, 0.15) is 5.75 Å². The van der Waals surface area contributed by atoms with E-state index < -0.39 is 0 Å². The van der Waals surface area contributed by atoms with Gasteiger partial charge in [0.2, 0.25) is 0 Å². The van der Waals surface area contributed by atoms with E-state index in [4.69, 9.17) is 0 Å². The van der Waals surface area contributed by atoms with E-state index in [2.05, 4.69) is 91.8 Å². The van der Waals surface area contributed by atoms with Gasteiger partial charge in [-0.15, -0.1) is 0 Å². The summed E-state index contributed by atoms with van der Waals surface area (Å²) in [7, 11) is 0. The number of phenolic OH excluding ortho intramolecular Hbond substituents is 1. The van der Waals surface area contributed by atoms with Gasteiger partial charge in [0.15, 0.2) is 0 Å². The Labute approximate surface area is 147 Å². The van der Waals surface area contributed by atoms with Crippen LogP contribution in [0.25, 0.3) is 0 Å². The van der Waals surface area contributed by atoms with Crippen molar-refractivity contribution in [2.75, 3.05) is 0 Å². The average Bonchev–Trinajstić information content (AvgIpc) is 2.45. The first-order chi connectivity index (χ1) is 10.8. The highest BCUT2D eigenvalue weighted by Crippen LogP contribution is 2.44. The Bertz CT molecular complexity index is 710. The molecule has 0 saturated carbocycles. The number of hydrogen-bond acceptors (Lipinski definition) is 1. The van der Waals surface area contributed by atoms with Crippen LogP contribution in [0.15, 0.2) is 42.5 Å². The predicted molar refractivity (Wildman–Crippen MR) is 104 cm³/mol. The Kier molecular flexibility index (Phi) is 4.61. The molecule has 0 spiro atoms. The third kappa shape index (κ3) is 3.50. The minimum absolute atomic E-state index is 0.0369. The first-order valence-corrected chi connectivity index (χ1v) is 8.79. The van der Waals surface area contributed by atoms with Gasteiger partial charge in [0, 0.05) is 11.0 Å². The minimum atomic E-state index is -0.257. The summed E-state index contributed by atoms with van der Waals surface area (Å²) in [6.45, 7) is 17.5. The average molecular weight is 325 g/mol. The summed E-state index contributed by atoms with van der Waals surface area (Å²) in [5.41, 5.74) is 4.18. The molecule has 2 rings (SSSR count). The topological polar surface area (TPSA) is 20.2 Å². The Balaban J connectivity index is 2.78. The Morgan fingerprint density at radius 2 is 1.12 bits per heavy atom. The number of aromatic hydroxyl groups is 1. The first-order valence-electron chi connectivity index (χ1n) is 8.79. The Morgan fingerprint density at radius 3 is 1.58 bits per heavy atom. The van der Waals surface area contributed by atoms with E-state index in [-0.39, 0.29) is 16.2 Å².